The lowest BCUT2D eigenvalue weighted by molar-refractivity contribution is -0.108. The molecule has 4 heteroatoms. The van der Waals surface area contributed by atoms with Gasteiger partial charge in [-0.25, -0.2) is 5.01 Å². The fourth-order valence-corrected chi connectivity index (χ4v) is 1.57. The van der Waals surface area contributed by atoms with E-state index in [1.54, 1.807) is 5.01 Å². The van der Waals surface area contributed by atoms with E-state index in [1.807, 2.05) is 0 Å². The Kier molecular flexibility index (Phi) is 3.20. The van der Waals surface area contributed by atoms with Crippen LogP contribution in [-0.2, 0) is 4.79 Å². The van der Waals surface area contributed by atoms with Crippen LogP contribution in [0.2, 0.25) is 0 Å². The van der Waals surface area contributed by atoms with Crippen LogP contribution in [0.5, 0.6) is 0 Å². The molecule has 0 saturated carbocycles. The van der Waals surface area contributed by atoms with Crippen molar-refractivity contribution in [3.63, 3.8) is 0 Å². The van der Waals surface area contributed by atoms with Gasteiger partial charge in [0, 0.05) is 25.0 Å². The fraction of sp³-hybridized carbons (Fsp3) is 0.875. The van der Waals surface area contributed by atoms with Gasteiger partial charge in [0.1, 0.15) is 6.29 Å². The van der Waals surface area contributed by atoms with Crippen LogP contribution in [0.4, 0.5) is 0 Å². The summed E-state index contributed by atoms with van der Waals surface area (Å²) < 4.78 is 0. The number of aldehydes is 1. The van der Waals surface area contributed by atoms with Gasteiger partial charge < -0.3 is 10.5 Å². The Balaban J connectivity index is 2.33. The van der Waals surface area contributed by atoms with Crippen molar-refractivity contribution < 1.29 is 4.79 Å². The number of hydrogen-bond acceptors (Lipinski definition) is 4. The van der Waals surface area contributed by atoms with Gasteiger partial charge in [-0.05, 0) is 19.3 Å². The summed E-state index contributed by atoms with van der Waals surface area (Å²) in [6, 6.07) is 0. The van der Waals surface area contributed by atoms with Crippen molar-refractivity contribution in [2.45, 2.75) is 31.2 Å². The minimum absolute atomic E-state index is 0.142. The maximum Gasteiger partial charge on any atom is 0.120 e. The van der Waals surface area contributed by atoms with E-state index in [4.69, 9.17) is 11.6 Å². The summed E-state index contributed by atoms with van der Waals surface area (Å²) in [4.78, 5) is 10.2. The highest BCUT2D eigenvalue weighted by Gasteiger charge is 2.28. The van der Waals surface area contributed by atoms with Gasteiger partial charge in [-0.2, -0.15) is 0 Å². The van der Waals surface area contributed by atoms with Gasteiger partial charge in [0.15, 0.2) is 0 Å². The zero-order chi connectivity index (χ0) is 9.03. The van der Waals surface area contributed by atoms with Crippen molar-refractivity contribution in [1.82, 2.24) is 5.01 Å². The highest BCUT2D eigenvalue weighted by atomic mass is 16.1. The standard InChI is InChI=1S/C8H17N3O/c9-8(2-1-7-12)3-5-11(10)6-4-8/h7H,1-6,9-10H2. The second kappa shape index (κ2) is 3.98. The van der Waals surface area contributed by atoms with E-state index in [2.05, 4.69) is 0 Å². The molecular weight excluding hydrogens is 154 g/mol. The molecule has 4 nitrogen and oxygen atoms in total. The number of piperidine rings is 1. The van der Waals surface area contributed by atoms with Gasteiger partial charge in [0.05, 0.1) is 0 Å². The Hall–Kier alpha value is -0.450. The first-order valence-electron chi connectivity index (χ1n) is 4.38. The number of carbonyl (C=O) groups is 1. The summed E-state index contributed by atoms with van der Waals surface area (Å²) in [5, 5.41) is 1.78. The molecule has 1 saturated heterocycles. The summed E-state index contributed by atoms with van der Waals surface area (Å²) in [5.74, 6) is 5.59. The minimum Gasteiger partial charge on any atom is -0.325 e. The smallest absolute Gasteiger partial charge is 0.120 e. The molecule has 0 aromatic heterocycles. The zero-order valence-corrected chi connectivity index (χ0v) is 7.33. The van der Waals surface area contributed by atoms with Gasteiger partial charge in [0.25, 0.3) is 0 Å². The van der Waals surface area contributed by atoms with Crippen molar-refractivity contribution in [3.05, 3.63) is 0 Å². The lowest BCUT2D eigenvalue weighted by Crippen LogP contribution is -2.52. The van der Waals surface area contributed by atoms with Crippen LogP contribution in [0.25, 0.3) is 0 Å². The van der Waals surface area contributed by atoms with Gasteiger partial charge in [-0.3, -0.25) is 5.84 Å². The molecule has 0 bridgehead atoms. The first-order chi connectivity index (χ1) is 5.66. The van der Waals surface area contributed by atoms with Crippen LogP contribution in [-0.4, -0.2) is 29.9 Å². The number of nitrogens with zero attached hydrogens (tertiary/aromatic N) is 1. The van der Waals surface area contributed by atoms with E-state index in [0.29, 0.717) is 6.42 Å². The maximum atomic E-state index is 10.2. The second-order valence-electron chi connectivity index (χ2n) is 3.60. The van der Waals surface area contributed by atoms with Crippen LogP contribution in [0.3, 0.4) is 0 Å². The van der Waals surface area contributed by atoms with Crippen LogP contribution in [0, 0.1) is 0 Å². The first kappa shape index (κ1) is 9.64. The molecule has 0 aliphatic carbocycles. The van der Waals surface area contributed by atoms with E-state index in [0.717, 1.165) is 38.6 Å². The van der Waals surface area contributed by atoms with Crippen molar-refractivity contribution in [3.8, 4) is 0 Å². The van der Waals surface area contributed by atoms with Crippen molar-refractivity contribution in [1.29, 1.82) is 0 Å². The monoisotopic (exact) mass is 171 g/mol. The minimum atomic E-state index is -0.142. The van der Waals surface area contributed by atoms with E-state index in [1.165, 1.54) is 0 Å². The van der Waals surface area contributed by atoms with Gasteiger partial charge in [0.2, 0.25) is 0 Å². The number of carbonyl (C=O) groups excluding carboxylic acids is 1. The Morgan fingerprint density at radius 1 is 1.42 bits per heavy atom. The molecule has 1 aliphatic rings. The molecule has 1 aliphatic heterocycles. The zero-order valence-electron chi connectivity index (χ0n) is 7.33. The fourth-order valence-electron chi connectivity index (χ4n) is 1.57. The highest BCUT2D eigenvalue weighted by molar-refractivity contribution is 5.49. The summed E-state index contributed by atoms with van der Waals surface area (Å²) in [6.45, 7) is 1.69. The van der Waals surface area contributed by atoms with Crippen LogP contribution in [0.15, 0.2) is 0 Å². The average Bonchev–Trinajstić information content (AvgIpc) is 2.08. The lowest BCUT2D eigenvalue weighted by Gasteiger charge is -2.37. The lowest BCUT2D eigenvalue weighted by atomic mass is 9.85. The maximum absolute atomic E-state index is 10.2. The quantitative estimate of drug-likeness (QED) is 0.449. The molecule has 1 fully saturated rings. The third kappa shape index (κ3) is 2.55. The molecule has 0 spiro atoms. The molecule has 0 amide bonds. The molecule has 0 aromatic rings. The van der Waals surface area contributed by atoms with E-state index in [9.17, 15) is 4.79 Å². The molecule has 1 heterocycles. The summed E-state index contributed by atoms with van der Waals surface area (Å²) in [7, 11) is 0. The Morgan fingerprint density at radius 2 is 2.00 bits per heavy atom. The van der Waals surface area contributed by atoms with Crippen molar-refractivity contribution in [2.75, 3.05) is 13.1 Å². The SMILES string of the molecule is NN1CCC(N)(CCC=O)CC1. The van der Waals surface area contributed by atoms with Crippen LogP contribution < -0.4 is 11.6 Å². The molecular formula is C8H17N3O. The normalized spacial score (nSPS) is 23.8. The molecule has 70 valence electrons. The topological polar surface area (TPSA) is 72.3 Å². The molecule has 0 aromatic carbocycles. The first-order valence-corrected chi connectivity index (χ1v) is 4.38. The molecule has 0 atom stereocenters. The largest absolute Gasteiger partial charge is 0.325 e. The molecule has 4 N–H and O–H groups in total. The predicted molar refractivity (Wildman–Crippen MR) is 47.2 cm³/mol. The van der Waals surface area contributed by atoms with Crippen LogP contribution >= 0.6 is 0 Å². The third-order valence-corrected chi connectivity index (χ3v) is 2.55. The average molecular weight is 171 g/mol. The van der Waals surface area contributed by atoms with E-state index >= 15 is 0 Å². The molecule has 1 rings (SSSR count). The summed E-state index contributed by atoms with van der Waals surface area (Å²) in [6.07, 6.45) is 4.10. The summed E-state index contributed by atoms with van der Waals surface area (Å²) >= 11 is 0. The predicted octanol–water partition coefficient (Wildman–Crippen LogP) is -0.368. The number of nitrogens with two attached hydrogens (primary N) is 2. The van der Waals surface area contributed by atoms with Gasteiger partial charge >= 0.3 is 0 Å². The number of hydrazine groups is 1. The van der Waals surface area contributed by atoms with Crippen molar-refractivity contribution in [2.24, 2.45) is 11.6 Å². The molecule has 0 unspecified atom stereocenters. The van der Waals surface area contributed by atoms with E-state index in [-0.39, 0.29) is 5.54 Å². The van der Waals surface area contributed by atoms with E-state index < -0.39 is 0 Å². The Labute approximate surface area is 72.9 Å². The van der Waals surface area contributed by atoms with Crippen molar-refractivity contribution >= 4 is 6.29 Å². The van der Waals surface area contributed by atoms with Gasteiger partial charge in [-0.1, -0.05) is 0 Å². The highest BCUT2D eigenvalue weighted by Crippen LogP contribution is 2.22. The van der Waals surface area contributed by atoms with Crippen LogP contribution in [0.1, 0.15) is 25.7 Å². The Morgan fingerprint density at radius 3 is 2.50 bits per heavy atom. The third-order valence-electron chi connectivity index (χ3n) is 2.55. The number of hydrogen-bond donors (Lipinski definition) is 2. The second-order valence-corrected chi connectivity index (χ2v) is 3.60. The molecule has 0 radical (unpaired) electrons. The number of rotatable bonds is 3. The Bertz CT molecular complexity index is 152. The van der Waals surface area contributed by atoms with Gasteiger partial charge in [-0.15, -0.1) is 0 Å². The molecule has 12 heavy (non-hydrogen) atoms. The summed E-state index contributed by atoms with van der Waals surface area (Å²) in [5.41, 5.74) is 5.92.